The van der Waals surface area contributed by atoms with Crippen LogP contribution < -0.4 is 0 Å². The lowest BCUT2D eigenvalue weighted by atomic mass is 10.00. The Hall–Kier alpha value is -0.520. The number of aromatic nitrogens is 2. The van der Waals surface area contributed by atoms with Crippen LogP contribution in [0.25, 0.3) is 0 Å². The van der Waals surface area contributed by atoms with Crippen LogP contribution in [0.2, 0.25) is 0 Å². The second-order valence-corrected chi connectivity index (χ2v) is 3.92. The van der Waals surface area contributed by atoms with E-state index in [-0.39, 0.29) is 0 Å². The van der Waals surface area contributed by atoms with E-state index in [0.29, 0.717) is 11.6 Å². The molecule has 72 valence electrons. The van der Waals surface area contributed by atoms with Gasteiger partial charge in [0.2, 0.25) is 0 Å². The van der Waals surface area contributed by atoms with E-state index in [1.54, 1.807) is 5.38 Å². The van der Waals surface area contributed by atoms with Crippen LogP contribution in [0.1, 0.15) is 24.6 Å². The topological polar surface area (TPSA) is 55.2 Å². The van der Waals surface area contributed by atoms with E-state index in [9.17, 15) is 5.11 Å². The SMILES string of the molecule is OC(CC1CCOC1)c1csnn1. The number of hydrogen-bond acceptors (Lipinski definition) is 5. The summed E-state index contributed by atoms with van der Waals surface area (Å²) in [6, 6.07) is 0. The molecule has 2 unspecified atom stereocenters. The molecule has 0 spiro atoms. The Balaban J connectivity index is 1.87. The van der Waals surface area contributed by atoms with E-state index < -0.39 is 6.10 Å². The summed E-state index contributed by atoms with van der Waals surface area (Å²) < 4.78 is 8.95. The predicted molar refractivity (Wildman–Crippen MR) is 48.4 cm³/mol. The molecule has 1 aromatic rings. The largest absolute Gasteiger partial charge is 0.387 e. The first-order chi connectivity index (χ1) is 6.36. The predicted octanol–water partition coefficient (Wildman–Crippen LogP) is 0.998. The molecule has 2 heterocycles. The summed E-state index contributed by atoms with van der Waals surface area (Å²) in [5.41, 5.74) is 0.692. The highest BCUT2D eigenvalue weighted by Gasteiger charge is 2.21. The zero-order chi connectivity index (χ0) is 9.10. The second kappa shape index (κ2) is 4.13. The van der Waals surface area contributed by atoms with Gasteiger partial charge in [0, 0.05) is 18.6 Å². The Kier molecular flexibility index (Phi) is 2.87. The van der Waals surface area contributed by atoms with E-state index in [1.165, 1.54) is 11.5 Å². The molecule has 1 fully saturated rings. The van der Waals surface area contributed by atoms with Crippen LogP contribution in [-0.2, 0) is 4.74 Å². The van der Waals surface area contributed by atoms with Crippen molar-refractivity contribution in [1.29, 1.82) is 0 Å². The van der Waals surface area contributed by atoms with E-state index >= 15 is 0 Å². The molecule has 1 N–H and O–H groups in total. The first-order valence-corrected chi connectivity index (χ1v) is 5.22. The van der Waals surface area contributed by atoms with Crippen LogP contribution >= 0.6 is 11.5 Å². The van der Waals surface area contributed by atoms with Gasteiger partial charge in [-0.15, -0.1) is 5.10 Å². The van der Waals surface area contributed by atoms with Gasteiger partial charge in [-0.2, -0.15) is 0 Å². The molecule has 0 aromatic carbocycles. The molecule has 0 bridgehead atoms. The van der Waals surface area contributed by atoms with Crippen molar-refractivity contribution in [3.05, 3.63) is 11.1 Å². The fraction of sp³-hybridized carbons (Fsp3) is 0.750. The number of aliphatic hydroxyl groups is 1. The first kappa shape index (κ1) is 9.05. The van der Waals surface area contributed by atoms with Gasteiger partial charge in [-0.05, 0) is 30.3 Å². The third-order valence-electron chi connectivity index (χ3n) is 2.30. The zero-order valence-corrected chi connectivity index (χ0v) is 8.04. The molecule has 5 heteroatoms. The van der Waals surface area contributed by atoms with E-state index in [1.807, 2.05) is 0 Å². The number of nitrogens with zero attached hydrogens (tertiary/aromatic N) is 2. The Labute approximate surface area is 80.7 Å². The van der Waals surface area contributed by atoms with E-state index in [2.05, 4.69) is 9.59 Å². The van der Waals surface area contributed by atoms with Gasteiger partial charge >= 0.3 is 0 Å². The van der Waals surface area contributed by atoms with Gasteiger partial charge in [0.1, 0.15) is 5.69 Å². The van der Waals surface area contributed by atoms with Crippen molar-refractivity contribution in [2.24, 2.45) is 5.92 Å². The molecule has 0 radical (unpaired) electrons. The molecule has 2 rings (SSSR count). The Bertz CT molecular complexity index is 247. The average molecular weight is 200 g/mol. The first-order valence-electron chi connectivity index (χ1n) is 4.39. The quantitative estimate of drug-likeness (QED) is 0.790. The van der Waals surface area contributed by atoms with Crippen LogP contribution in [0.15, 0.2) is 5.38 Å². The Morgan fingerprint density at radius 2 is 2.69 bits per heavy atom. The normalized spacial score (nSPS) is 24.8. The number of aliphatic hydroxyl groups excluding tert-OH is 1. The lowest BCUT2D eigenvalue weighted by Crippen LogP contribution is -2.07. The minimum atomic E-state index is -0.467. The summed E-state index contributed by atoms with van der Waals surface area (Å²) >= 11 is 1.27. The summed E-state index contributed by atoms with van der Waals surface area (Å²) in [6.07, 6.45) is 1.32. The fourth-order valence-corrected chi connectivity index (χ4v) is 2.02. The van der Waals surface area contributed by atoms with Crippen molar-refractivity contribution >= 4 is 11.5 Å². The van der Waals surface area contributed by atoms with Crippen molar-refractivity contribution in [1.82, 2.24) is 9.59 Å². The molecular formula is C8H12N2O2S. The van der Waals surface area contributed by atoms with E-state index in [0.717, 1.165) is 26.1 Å². The summed E-state index contributed by atoms with van der Waals surface area (Å²) in [6.45, 7) is 1.60. The third kappa shape index (κ3) is 2.24. The summed E-state index contributed by atoms with van der Waals surface area (Å²) in [4.78, 5) is 0. The fourth-order valence-electron chi connectivity index (χ4n) is 1.52. The summed E-state index contributed by atoms with van der Waals surface area (Å²) in [5, 5.41) is 15.3. The van der Waals surface area contributed by atoms with Gasteiger partial charge in [0.25, 0.3) is 0 Å². The van der Waals surface area contributed by atoms with Gasteiger partial charge in [-0.1, -0.05) is 4.49 Å². The maximum absolute atomic E-state index is 9.72. The molecule has 1 aliphatic heterocycles. The average Bonchev–Trinajstić information content (AvgIpc) is 2.74. The molecule has 1 aliphatic rings. The van der Waals surface area contributed by atoms with Crippen LogP contribution in [0, 0.1) is 5.92 Å². The van der Waals surface area contributed by atoms with Crippen molar-refractivity contribution in [3.63, 3.8) is 0 Å². The van der Waals surface area contributed by atoms with Crippen molar-refractivity contribution in [2.45, 2.75) is 18.9 Å². The van der Waals surface area contributed by atoms with Crippen molar-refractivity contribution in [2.75, 3.05) is 13.2 Å². The van der Waals surface area contributed by atoms with Gasteiger partial charge in [-0.25, -0.2) is 0 Å². The highest BCUT2D eigenvalue weighted by molar-refractivity contribution is 7.03. The standard InChI is InChI=1S/C8H12N2O2S/c11-8(7-5-13-10-9-7)3-6-1-2-12-4-6/h5-6,8,11H,1-4H2. The van der Waals surface area contributed by atoms with Gasteiger partial charge in [0.05, 0.1) is 6.10 Å². The highest BCUT2D eigenvalue weighted by atomic mass is 32.1. The lowest BCUT2D eigenvalue weighted by Gasteiger charge is -2.11. The zero-order valence-electron chi connectivity index (χ0n) is 7.22. The lowest BCUT2D eigenvalue weighted by molar-refractivity contribution is 0.126. The second-order valence-electron chi connectivity index (χ2n) is 3.31. The molecular weight excluding hydrogens is 188 g/mol. The maximum atomic E-state index is 9.72. The van der Waals surface area contributed by atoms with Crippen LogP contribution in [0.4, 0.5) is 0 Å². The third-order valence-corrected chi connectivity index (χ3v) is 2.82. The van der Waals surface area contributed by atoms with Crippen LogP contribution in [0.5, 0.6) is 0 Å². The molecule has 1 saturated heterocycles. The molecule has 2 atom stereocenters. The smallest absolute Gasteiger partial charge is 0.104 e. The maximum Gasteiger partial charge on any atom is 0.104 e. The van der Waals surface area contributed by atoms with Crippen LogP contribution in [0.3, 0.4) is 0 Å². The minimum Gasteiger partial charge on any atom is -0.387 e. The number of rotatable bonds is 3. The molecule has 4 nitrogen and oxygen atoms in total. The minimum absolute atomic E-state index is 0.467. The Morgan fingerprint density at radius 1 is 1.77 bits per heavy atom. The van der Waals surface area contributed by atoms with Crippen molar-refractivity contribution in [3.8, 4) is 0 Å². The van der Waals surface area contributed by atoms with Gasteiger partial charge < -0.3 is 9.84 Å². The van der Waals surface area contributed by atoms with Crippen LogP contribution in [-0.4, -0.2) is 27.9 Å². The molecule has 0 amide bonds. The monoisotopic (exact) mass is 200 g/mol. The van der Waals surface area contributed by atoms with Crippen molar-refractivity contribution < 1.29 is 9.84 Å². The molecule has 13 heavy (non-hydrogen) atoms. The molecule has 1 aromatic heterocycles. The highest BCUT2D eigenvalue weighted by Crippen LogP contribution is 2.25. The van der Waals surface area contributed by atoms with E-state index in [4.69, 9.17) is 4.74 Å². The van der Waals surface area contributed by atoms with Gasteiger partial charge in [0.15, 0.2) is 0 Å². The summed E-state index contributed by atoms with van der Waals surface area (Å²) in [5.74, 6) is 0.483. The number of hydrogen-bond donors (Lipinski definition) is 1. The Morgan fingerprint density at radius 3 is 3.31 bits per heavy atom. The van der Waals surface area contributed by atoms with Gasteiger partial charge in [-0.3, -0.25) is 0 Å². The number of ether oxygens (including phenoxy) is 1. The molecule has 0 aliphatic carbocycles. The molecule has 0 saturated carbocycles. The summed E-state index contributed by atoms with van der Waals surface area (Å²) in [7, 11) is 0.